The molecule has 1 aromatic carbocycles. The maximum atomic E-state index is 9.15. The monoisotopic (exact) mass is 371 g/mol. The Bertz CT molecular complexity index is 634. The van der Waals surface area contributed by atoms with Gasteiger partial charge in [0.1, 0.15) is 6.07 Å². The Morgan fingerprint density at radius 3 is 2.94 bits per heavy atom. The van der Waals surface area contributed by atoms with Gasteiger partial charge in [-0.3, -0.25) is 4.98 Å². The van der Waals surface area contributed by atoms with E-state index < -0.39 is 0 Å². The number of nitrogens with one attached hydrogen (secondary N) is 1. The first-order valence-corrected chi connectivity index (χ1v) is 7.04. The molecular formula is C13H11ClIN3. The topological polar surface area (TPSA) is 48.7 Å². The number of hydrogen-bond donors (Lipinski definition) is 1. The van der Waals surface area contributed by atoms with E-state index in [2.05, 4.69) is 45.9 Å². The van der Waals surface area contributed by atoms with Crippen molar-refractivity contribution in [3.05, 3.63) is 32.5 Å². The average Bonchev–Trinajstić information content (AvgIpc) is 2.35. The summed E-state index contributed by atoms with van der Waals surface area (Å²) in [6.45, 7) is 2.90. The Balaban J connectivity index is 2.72. The maximum absolute atomic E-state index is 9.15. The van der Waals surface area contributed by atoms with Crippen molar-refractivity contribution in [2.24, 2.45) is 0 Å². The number of hydrogen-bond acceptors (Lipinski definition) is 3. The normalized spacial score (nSPS) is 10.3. The van der Waals surface area contributed by atoms with Gasteiger partial charge in [0.15, 0.2) is 0 Å². The molecule has 92 valence electrons. The molecule has 0 fully saturated rings. The van der Waals surface area contributed by atoms with E-state index in [1.807, 2.05) is 12.1 Å². The summed E-state index contributed by atoms with van der Waals surface area (Å²) < 4.78 is 1.03. The van der Waals surface area contributed by atoms with Gasteiger partial charge in [-0.15, -0.1) is 0 Å². The van der Waals surface area contributed by atoms with Crippen LogP contribution in [0.3, 0.4) is 0 Å². The second kappa shape index (κ2) is 5.72. The molecule has 0 aliphatic heterocycles. The average molecular weight is 372 g/mol. The summed E-state index contributed by atoms with van der Waals surface area (Å²) in [5.74, 6) is 0. The minimum absolute atomic E-state index is 0.550. The van der Waals surface area contributed by atoms with Crippen molar-refractivity contribution in [2.75, 3.05) is 11.9 Å². The Morgan fingerprint density at radius 1 is 1.50 bits per heavy atom. The predicted molar refractivity (Wildman–Crippen MR) is 83.0 cm³/mol. The highest BCUT2D eigenvalue weighted by atomic mass is 127. The Hall–Kier alpha value is -1.06. The first-order valence-electron chi connectivity index (χ1n) is 5.59. The third-order valence-corrected chi connectivity index (χ3v) is 3.47. The molecule has 1 aromatic heterocycles. The lowest BCUT2D eigenvalue weighted by atomic mass is 10.1. The molecule has 0 aliphatic carbocycles. The number of fused-ring (bicyclic) bond motifs is 1. The van der Waals surface area contributed by atoms with E-state index in [4.69, 9.17) is 16.9 Å². The quantitative estimate of drug-likeness (QED) is 0.823. The van der Waals surface area contributed by atoms with E-state index in [0.29, 0.717) is 10.6 Å². The summed E-state index contributed by atoms with van der Waals surface area (Å²) in [5, 5.41) is 14.0. The fraction of sp³-hybridized carbons (Fsp3) is 0.231. The molecule has 1 N–H and O–H groups in total. The second-order valence-corrected chi connectivity index (χ2v) is 5.52. The molecule has 2 rings (SSSR count). The molecule has 0 radical (unpaired) electrons. The molecule has 1 heterocycles. The first-order chi connectivity index (χ1) is 8.67. The second-order valence-electron chi connectivity index (χ2n) is 3.87. The molecule has 0 aliphatic rings. The summed E-state index contributed by atoms with van der Waals surface area (Å²) >= 11 is 8.39. The molecule has 0 spiro atoms. The van der Waals surface area contributed by atoms with Crippen molar-refractivity contribution in [3.63, 3.8) is 0 Å². The van der Waals surface area contributed by atoms with E-state index in [9.17, 15) is 0 Å². The van der Waals surface area contributed by atoms with Crippen LogP contribution in [0.25, 0.3) is 10.9 Å². The van der Waals surface area contributed by atoms with Crippen molar-refractivity contribution in [1.29, 1.82) is 5.26 Å². The van der Waals surface area contributed by atoms with E-state index >= 15 is 0 Å². The van der Waals surface area contributed by atoms with Crippen LogP contribution in [0.4, 0.5) is 5.69 Å². The molecule has 0 saturated heterocycles. The van der Waals surface area contributed by atoms with Crippen LogP contribution < -0.4 is 5.32 Å². The van der Waals surface area contributed by atoms with Gasteiger partial charge in [-0.2, -0.15) is 5.26 Å². The smallest absolute Gasteiger partial charge is 0.103 e. The number of nitrogens with zero attached hydrogens (tertiary/aromatic N) is 2. The summed E-state index contributed by atoms with van der Waals surface area (Å²) in [4.78, 5) is 4.26. The van der Waals surface area contributed by atoms with Gasteiger partial charge >= 0.3 is 0 Å². The maximum Gasteiger partial charge on any atom is 0.103 e. The van der Waals surface area contributed by atoms with Crippen molar-refractivity contribution < 1.29 is 0 Å². The van der Waals surface area contributed by atoms with Crippen LogP contribution in [0, 0.1) is 14.9 Å². The minimum Gasteiger partial charge on any atom is -0.383 e. The van der Waals surface area contributed by atoms with Crippen LogP contribution in [0.5, 0.6) is 0 Å². The van der Waals surface area contributed by atoms with Crippen LogP contribution >= 0.6 is 34.2 Å². The van der Waals surface area contributed by atoms with Gasteiger partial charge in [0.2, 0.25) is 0 Å². The van der Waals surface area contributed by atoms with Crippen molar-refractivity contribution >= 4 is 50.8 Å². The molecule has 2 aromatic rings. The van der Waals surface area contributed by atoms with Crippen molar-refractivity contribution in [2.45, 2.75) is 13.3 Å². The molecular weight excluding hydrogens is 361 g/mol. The number of benzene rings is 1. The Labute approximate surface area is 124 Å². The number of halogens is 2. The summed E-state index contributed by atoms with van der Waals surface area (Å²) in [6.07, 6.45) is 2.56. The molecule has 3 nitrogen and oxygen atoms in total. The molecule has 18 heavy (non-hydrogen) atoms. The van der Waals surface area contributed by atoms with E-state index in [1.165, 1.54) is 0 Å². The van der Waals surface area contributed by atoms with E-state index in [-0.39, 0.29) is 0 Å². The highest BCUT2D eigenvalue weighted by Crippen LogP contribution is 2.31. The van der Waals surface area contributed by atoms with Gasteiger partial charge in [-0.1, -0.05) is 18.5 Å². The Kier molecular flexibility index (Phi) is 4.25. The van der Waals surface area contributed by atoms with Gasteiger partial charge < -0.3 is 5.32 Å². The number of aromatic nitrogens is 1. The van der Waals surface area contributed by atoms with Gasteiger partial charge in [-0.25, -0.2) is 0 Å². The van der Waals surface area contributed by atoms with Gasteiger partial charge in [-0.05, 0) is 41.1 Å². The van der Waals surface area contributed by atoms with E-state index in [0.717, 1.165) is 33.1 Å². The van der Waals surface area contributed by atoms with Crippen molar-refractivity contribution in [3.8, 4) is 6.07 Å². The summed E-state index contributed by atoms with van der Waals surface area (Å²) in [7, 11) is 0. The van der Waals surface area contributed by atoms with Crippen LogP contribution in [-0.2, 0) is 0 Å². The minimum atomic E-state index is 0.550. The van der Waals surface area contributed by atoms with Gasteiger partial charge in [0.05, 0.1) is 21.8 Å². The summed E-state index contributed by atoms with van der Waals surface area (Å²) in [5.41, 5.74) is 2.11. The highest BCUT2D eigenvalue weighted by molar-refractivity contribution is 14.1. The van der Waals surface area contributed by atoms with Crippen LogP contribution in [-0.4, -0.2) is 11.5 Å². The van der Waals surface area contributed by atoms with Crippen molar-refractivity contribution in [1.82, 2.24) is 4.98 Å². The zero-order valence-electron chi connectivity index (χ0n) is 9.80. The lowest BCUT2D eigenvalue weighted by molar-refractivity contribution is 0.980. The fourth-order valence-corrected chi connectivity index (χ4v) is 2.83. The fourth-order valence-electron chi connectivity index (χ4n) is 1.75. The zero-order valence-corrected chi connectivity index (χ0v) is 12.7. The van der Waals surface area contributed by atoms with Crippen LogP contribution in [0.1, 0.15) is 18.9 Å². The van der Waals surface area contributed by atoms with Gasteiger partial charge in [0, 0.05) is 21.7 Å². The van der Waals surface area contributed by atoms with Crippen LogP contribution in [0.2, 0.25) is 5.02 Å². The lowest BCUT2D eigenvalue weighted by Crippen LogP contribution is -2.03. The van der Waals surface area contributed by atoms with Crippen LogP contribution in [0.15, 0.2) is 18.3 Å². The SMILES string of the molecule is CCCNc1c(C#N)cnc2c(Cl)cc(I)cc12. The standard InChI is InChI=1S/C13H11ClIN3/c1-2-3-17-12-8(6-16)7-18-13-10(12)4-9(15)5-11(13)14/h4-5,7H,2-3H2,1H3,(H,17,18). The molecule has 0 saturated carbocycles. The molecule has 0 unspecified atom stereocenters. The third kappa shape index (κ3) is 2.52. The predicted octanol–water partition coefficient (Wildman–Crippen LogP) is 4.19. The number of anilines is 1. The zero-order chi connectivity index (χ0) is 13.1. The molecule has 0 atom stereocenters. The third-order valence-electron chi connectivity index (χ3n) is 2.56. The number of pyridine rings is 1. The Morgan fingerprint density at radius 2 is 2.28 bits per heavy atom. The molecule has 5 heteroatoms. The number of rotatable bonds is 3. The highest BCUT2D eigenvalue weighted by Gasteiger charge is 2.11. The first kappa shape index (κ1) is 13.4. The van der Waals surface area contributed by atoms with E-state index in [1.54, 1.807) is 6.20 Å². The summed E-state index contributed by atoms with van der Waals surface area (Å²) in [6, 6.07) is 6.03. The lowest BCUT2D eigenvalue weighted by Gasteiger charge is -2.11. The number of nitriles is 1. The molecule has 0 amide bonds. The molecule has 0 bridgehead atoms. The largest absolute Gasteiger partial charge is 0.383 e. The van der Waals surface area contributed by atoms with Gasteiger partial charge in [0.25, 0.3) is 0 Å².